The smallest absolute Gasteiger partial charge is 0.267 e. The Kier molecular flexibility index (Phi) is 5.73. The molecule has 1 unspecified atom stereocenters. The lowest BCUT2D eigenvalue weighted by molar-refractivity contribution is -0.119. The van der Waals surface area contributed by atoms with Crippen molar-refractivity contribution in [2.45, 2.75) is 33.7 Å². The van der Waals surface area contributed by atoms with Crippen LogP contribution < -0.4 is 15.8 Å². The van der Waals surface area contributed by atoms with E-state index in [9.17, 15) is 9.59 Å². The van der Waals surface area contributed by atoms with Crippen LogP contribution in [0.5, 0.6) is 0 Å². The number of anilines is 2. The van der Waals surface area contributed by atoms with Gasteiger partial charge in [-0.05, 0) is 57.5 Å². The highest BCUT2D eigenvalue weighted by Crippen LogP contribution is 2.23. The Labute approximate surface area is 142 Å². The highest BCUT2D eigenvalue weighted by Gasteiger charge is 2.18. The Hall–Kier alpha value is -2.63. The summed E-state index contributed by atoms with van der Waals surface area (Å²) in [7, 11) is 0. The van der Waals surface area contributed by atoms with E-state index in [-0.39, 0.29) is 11.5 Å². The zero-order valence-electron chi connectivity index (χ0n) is 14.6. The van der Waals surface area contributed by atoms with Crippen LogP contribution in [0.1, 0.15) is 32.4 Å². The molecule has 1 heterocycles. The third-order valence-electron chi connectivity index (χ3n) is 4.08. The minimum Gasteiger partial charge on any atom is -0.372 e. The first-order chi connectivity index (χ1) is 11.5. The summed E-state index contributed by atoms with van der Waals surface area (Å²) in [5.41, 5.74) is 2.55. The van der Waals surface area contributed by atoms with Crippen LogP contribution in [0.15, 0.2) is 41.3 Å². The molecule has 0 aliphatic rings. The lowest BCUT2D eigenvalue weighted by atomic mass is 10.1. The monoisotopic (exact) mass is 328 g/mol. The molecule has 0 aliphatic heterocycles. The number of nitrogens with one attached hydrogen (secondary N) is 1. The quantitative estimate of drug-likeness (QED) is 0.885. The van der Waals surface area contributed by atoms with Crippen LogP contribution in [-0.4, -0.2) is 28.8 Å². The molecule has 1 amide bonds. The van der Waals surface area contributed by atoms with Gasteiger partial charge in [-0.15, -0.1) is 0 Å². The van der Waals surface area contributed by atoms with Gasteiger partial charge in [0.05, 0.1) is 0 Å². The second kappa shape index (κ2) is 7.77. The van der Waals surface area contributed by atoms with Gasteiger partial charge in [0.1, 0.15) is 6.04 Å². The fraction of sp³-hybridized carbons (Fsp3) is 0.389. The fourth-order valence-electron chi connectivity index (χ4n) is 2.58. The predicted octanol–water partition coefficient (Wildman–Crippen LogP) is 2.60. The molecule has 0 radical (unpaired) electrons. The van der Waals surface area contributed by atoms with Gasteiger partial charge in [0, 0.05) is 36.7 Å². The Balaban J connectivity index is 2.17. The number of benzene rings is 1. The van der Waals surface area contributed by atoms with E-state index in [1.54, 1.807) is 13.0 Å². The van der Waals surface area contributed by atoms with E-state index < -0.39 is 6.04 Å². The van der Waals surface area contributed by atoms with Gasteiger partial charge < -0.3 is 10.2 Å². The molecule has 0 spiro atoms. The van der Waals surface area contributed by atoms with E-state index >= 15 is 0 Å². The number of carbonyl (C=O) groups is 1. The first-order valence-corrected chi connectivity index (χ1v) is 8.18. The predicted molar refractivity (Wildman–Crippen MR) is 96.6 cm³/mol. The summed E-state index contributed by atoms with van der Waals surface area (Å²) in [4.78, 5) is 26.5. The molecule has 0 bridgehead atoms. The molecule has 1 aromatic heterocycles. The minimum atomic E-state index is -0.680. The van der Waals surface area contributed by atoms with Crippen LogP contribution in [0.4, 0.5) is 11.4 Å². The van der Waals surface area contributed by atoms with Crippen molar-refractivity contribution >= 4 is 17.3 Å². The molecule has 2 rings (SSSR count). The summed E-state index contributed by atoms with van der Waals surface area (Å²) < 4.78 is 1.18. The van der Waals surface area contributed by atoms with Gasteiger partial charge in [-0.3, -0.25) is 9.59 Å². The SMILES string of the molecule is CCN(CC)c1ccc(NC(=O)C(C)n2ncccc2=O)c(C)c1. The first kappa shape index (κ1) is 17.7. The van der Waals surface area contributed by atoms with Crippen molar-refractivity contribution in [1.29, 1.82) is 0 Å². The van der Waals surface area contributed by atoms with Crippen molar-refractivity contribution in [3.05, 3.63) is 52.4 Å². The Bertz CT molecular complexity index is 766. The highest BCUT2D eigenvalue weighted by molar-refractivity contribution is 5.94. The summed E-state index contributed by atoms with van der Waals surface area (Å²) in [5, 5.41) is 6.84. The Morgan fingerprint density at radius 2 is 2.00 bits per heavy atom. The Morgan fingerprint density at radius 3 is 2.58 bits per heavy atom. The normalized spacial score (nSPS) is 11.8. The molecule has 128 valence electrons. The number of hydrogen-bond donors (Lipinski definition) is 1. The molecule has 2 aromatic rings. The first-order valence-electron chi connectivity index (χ1n) is 8.18. The van der Waals surface area contributed by atoms with Crippen molar-refractivity contribution < 1.29 is 4.79 Å². The van der Waals surface area contributed by atoms with E-state index in [4.69, 9.17) is 0 Å². The lowest BCUT2D eigenvalue weighted by Gasteiger charge is -2.22. The second-order valence-corrected chi connectivity index (χ2v) is 5.64. The fourth-order valence-corrected chi connectivity index (χ4v) is 2.58. The zero-order chi connectivity index (χ0) is 17.7. The van der Waals surface area contributed by atoms with Gasteiger partial charge in [0.15, 0.2) is 0 Å². The largest absolute Gasteiger partial charge is 0.372 e. The van der Waals surface area contributed by atoms with Crippen molar-refractivity contribution in [2.24, 2.45) is 0 Å². The van der Waals surface area contributed by atoms with Gasteiger partial charge in [-0.2, -0.15) is 5.10 Å². The maximum Gasteiger partial charge on any atom is 0.267 e. The third-order valence-corrected chi connectivity index (χ3v) is 4.08. The molecule has 24 heavy (non-hydrogen) atoms. The summed E-state index contributed by atoms with van der Waals surface area (Å²) in [6.45, 7) is 9.70. The van der Waals surface area contributed by atoms with Crippen molar-refractivity contribution in [3.8, 4) is 0 Å². The molecule has 1 atom stereocenters. The highest BCUT2D eigenvalue weighted by atomic mass is 16.2. The van der Waals surface area contributed by atoms with Crippen molar-refractivity contribution in [2.75, 3.05) is 23.3 Å². The minimum absolute atomic E-state index is 0.269. The number of rotatable bonds is 6. The topological polar surface area (TPSA) is 67.2 Å². The molecule has 1 N–H and O–H groups in total. The number of nitrogens with zero attached hydrogens (tertiary/aromatic N) is 3. The van der Waals surface area contributed by atoms with E-state index in [1.165, 1.54) is 16.9 Å². The molecule has 0 saturated carbocycles. The molecule has 0 fully saturated rings. The maximum atomic E-state index is 12.4. The zero-order valence-corrected chi connectivity index (χ0v) is 14.6. The summed E-state index contributed by atoms with van der Waals surface area (Å²) >= 11 is 0. The van der Waals surface area contributed by atoms with Crippen molar-refractivity contribution in [3.63, 3.8) is 0 Å². The molecule has 6 heteroatoms. The van der Waals surface area contributed by atoms with Gasteiger partial charge in [0.2, 0.25) is 5.91 Å². The molecular weight excluding hydrogens is 304 g/mol. The van der Waals surface area contributed by atoms with Gasteiger partial charge >= 0.3 is 0 Å². The second-order valence-electron chi connectivity index (χ2n) is 5.64. The van der Waals surface area contributed by atoms with Crippen LogP contribution in [-0.2, 0) is 4.79 Å². The summed E-state index contributed by atoms with van der Waals surface area (Å²) in [6.07, 6.45) is 1.50. The van der Waals surface area contributed by atoms with Gasteiger partial charge in [0.25, 0.3) is 5.56 Å². The van der Waals surface area contributed by atoms with Crippen LogP contribution in [0.3, 0.4) is 0 Å². The number of aromatic nitrogens is 2. The van der Waals surface area contributed by atoms with Crippen LogP contribution in [0, 0.1) is 6.92 Å². The summed E-state index contributed by atoms with van der Waals surface area (Å²) in [6, 6.07) is 8.21. The van der Waals surface area contributed by atoms with E-state index in [0.29, 0.717) is 0 Å². The average Bonchev–Trinajstić information content (AvgIpc) is 2.58. The molecular formula is C18H24N4O2. The van der Waals surface area contributed by atoms with E-state index in [1.807, 2.05) is 19.1 Å². The van der Waals surface area contributed by atoms with Crippen LogP contribution >= 0.6 is 0 Å². The van der Waals surface area contributed by atoms with Gasteiger partial charge in [-0.25, -0.2) is 4.68 Å². The van der Waals surface area contributed by atoms with Gasteiger partial charge in [-0.1, -0.05) is 0 Å². The number of amides is 1. The Morgan fingerprint density at radius 1 is 1.29 bits per heavy atom. The van der Waals surface area contributed by atoms with E-state index in [0.717, 1.165) is 30.0 Å². The van der Waals surface area contributed by atoms with Crippen molar-refractivity contribution in [1.82, 2.24) is 9.78 Å². The molecule has 0 aliphatic carbocycles. The maximum absolute atomic E-state index is 12.4. The standard InChI is InChI=1S/C18H24N4O2/c1-5-21(6-2)15-9-10-16(13(3)12-15)20-18(24)14(4)22-17(23)8-7-11-19-22/h7-12,14H,5-6H2,1-4H3,(H,20,24). The molecule has 0 saturated heterocycles. The molecule has 1 aromatic carbocycles. The third kappa shape index (κ3) is 3.82. The average molecular weight is 328 g/mol. The van der Waals surface area contributed by atoms with Crippen LogP contribution in [0.2, 0.25) is 0 Å². The molecule has 6 nitrogen and oxygen atoms in total. The lowest BCUT2D eigenvalue weighted by Crippen LogP contribution is -2.32. The summed E-state index contributed by atoms with van der Waals surface area (Å²) in [5.74, 6) is -0.269. The van der Waals surface area contributed by atoms with E-state index in [2.05, 4.69) is 35.2 Å². The van der Waals surface area contributed by atoms with Crippen LogP contribution in [0.25, 0.3) is 0 Å². The number of hydrogen-bond acceptors (Lipinski definition) is 4. The number of carbonyl (C=O) groups excluding carboxylic acids is 1. The number of aryl methyl sites for hydroxylation is 1.